The van der Waals surface area contributed by atoms with Crippen molar-refractivity contribution in [1.29, 1.82) is 0 Å². The number of halogens is 1. The molecule has 29 heavy (non-hydrogen) atoms. The monoisotopic (exact) mass is 416 g/mol. The van der Waals surface area contributed by atoms with Gasteiger partial charge in [0.05, 0.1) is 19.2 Å². The number of amides is 1. The average Bonchev–Trinajstić information content (AvgIpc) is 2.73. The van der Waals surface area contributed by atoms with Gasteiger partial charge >= 0.3 is 0 Å². The number of methoxy groups -OCH3 is 2. The molecule has 0 N–H and O–H groups in total. The molecule has 156 valence electrons. The first-order valence-corrected chi connectivity index (χ1v) is 10.3. The number of rotatable bonds is 6. The van der Waals surface area contributed by atoms with E-state index >= 15 is 0 Å². The van der Waals surface area contributed by atoms with Crippen molar-refractivity contribution in [2.75, 3.05) is 40.4 Å². The van der Waals surface area contributed by atoms with Crippen molar-refractivity contribution in [2.45, 2.75) is 26.3 Å². The van der Waals surface area contributed by atoms with Gasteiger partial charge in [0, 0.05) is 38.3 Å². The fraction of sp³-hybridized carbons (Fsp3) is 0.435. The van der Waals surface area contributed by atoms with Crippen molar-refractivity contribution in [3.63, 3.8) is 0 Å². The Morgan fingerprint density at radius 3 is 2.24 bits per heavy atom. The molecule has 5 nitrogen and oxygen atoms in total. The van der Waals surface area contributed by atoms with E-state index in [-0.39, 0.29) is 5.91 Å². The van der Waals surface area contributed by atoms with E-state index in [1.807, 2.05) is 4.90 Å². The summed E-state index contributed by atoms with van der Waals surface area (Å²) in [5.41, 5.74) is 3.18. The van der Waals surface area contributed by atoms with Crippen LogP contribution in [0, 0.1) is 0 Å². The summed E-state index contributed by atoms with van der Waals surface area (Å²) in [4.78, 5) is 17.2. The van der Waals surface area contributed by atoms with E-state index in [1.165, 1.54) is 25.3 Å². The molecule has 6 heteroatoms. The second-order valence-electron chi connectivity index (χ2n) is 7.66. The van der Waals surface area contributed by atoms with Crippen LogP contribution in [0.1, 0.15) is 41.3 Å². The first-order chi connectivity index (χ1) is 13.9. The number of hydrogen-bond donors (Lipinski definition) is 0. The van der Waals surface area contributed by atoms with Gasteiger partial charge in [0.15, 0.2) is 11.5 Å². The smallest absolute Gasteiger partial charge is 0.254 e. The Bertz CT molecular complexity index is 844. The van der Waals surface area contributed by atoms with Crippen molar-refractivity contribution in [3.8, 4) is 11.5 Å². The summed E-state index contributed by atoms with van der Waals surface area (Å²) in [5, 5.41) is 0.374. The lowest BCUT2D eigenvalue weighted by atomic mass is 10.0. The number of benzene rings is 2. The van der Waals surface area contributed by atoms with E-state index in [4.69, 9.17) is 21.1 Å². The molecule has 3 rings (SSSR count). The Balaban J connectivity index is 1.60. The summed E-state index contributed by atoms with van der Waals surface area (Å²) in [6, 6.07) is 12.2. The fourth-order valence-electron chi connectivity index (χ4n) is 3.60. The Kier molecular flexibility index (Phi) is 7.04. The molecule has 2 aromatic rings. The van der Waals surface area contributed by atoms with E-state index in [0.29, 0.717) is 41.1 Å². The predicted octanol–water partition coefficient (Wildman–Crippen LogP) is 4.44. The van der Waals surface area contributed by atoms with Crippen molar-refractivity contribution in [1.82, 2.24) is 9.80 Å². The molecule has 1 saturated heterocycles. The topological polar surface area (TPSA) is 42.0 Å². The van der Waals surface area contributed by atoms with Gasteiger partial charge in [-0.2, -0.15) is 0 Å². The van der Waals surface area contributed by atoms with Crippen molar-refractivity contribution < 1.29 is 14.3 Å². The normalized spacial score (nSPS) is 14.9. The maximum atomic E-state index is 12.9. The van der Waals surface area contributed by atoms with Crippen LogP contribution in [0.2, 0.25) is 5.02 Å². The van der Waals surface area contributed by atoms with Gasteiger partial charge in [0.1, 0.15) is 0 Å². The van der Waals surface area contributed by atoms with Crippen LogP contribution in [0.3, 0.4) is 0 Å². The molecule has 1 aliphatic rings. The molecule has 1 fully saturated rings. The average molecular weight is 417 g/mol. The second kappa shape index (κ2) is 9.51. The minimum atomic E-state index is -0.0335. The molecule has 0 unspecified atom stereocenters. The number of ether oxygens (including phenoxy) is 2. The van der Waals surface area contributed by atoms with Crippen LogP contribution in [0.15, 0.2) is 36.4 Å². The van der Waals surface area contributed by atoms with Gasteiger partial charge < -0.3 is 14.4 Å². The summed E-state index contributed by atoms with van der Waals surface area (Å²) in [6.07, 6.45) is 0. The summed E-state index contributed by atoms with van der Waals surface area (Å²) >= 11 is 6.26. The summed E-state index contributed by atoms with van der Waals surface area (Å²) in [6.45, 7) is 8.39. The number of nitrogens with zero attached hydrogens (tertiary/aromatic N) is 2. The molecule has 0 spiro atoms. The summed E-state index contributed by atoms with van der Waals surface area (Å²) in [7, 11) is 3.07. The molecule has 0 aliphatic carbocycles. The Hall–Kier alpha value is -2.24. The van der Waals surface area contributed by atoms with Crippen LogP contribution in [0.25, 0.3) is 0 Å². The number of piperazine rings is 1. The molecule has 1 aliphatic heterocycles. The molecule has 1 amide bonds. The van der Waals surface area contributed by atoms with E-state index in [2.05, 4.69) is 43.0 Å². The van der Waals surface area contributed by atoms with Gasteiger partial charge in [0.25, 0.3) is 5.91 Å². The zero-order valence-corrected chi connectivity index (χ0v) is 18.3. The van der Waals surface area contributed by atoms with Gasteiger partial charge in [-0.25, -0.2) is 0 Å². The highest BCUT2D eigenvalue weighted by Gasteiger charge is 2.24. The van der Waals surface area contributed by atoms with Crippen LogP contribution in [0.5, 0.6) is 11.5 Å². The van der Waals surface area contributed by atoms with Gasteiger partial charge in [-0.15, -0.1) is 0 Å². The van der Waals surface area contributed by atoms with Crippen molar-refractivity contribution >= 4 is 17.5 Å². The first-order valence-electron chi connectivity index (χ1n) is 9.95. The number of carbonyl (C=O) groups excluding carboxylic acids is 1. The fourth-order valence-corrected chi connectivity index (χ4v) is 3.89. The largest absolute Gasteiger partial charge is 0.493 e. The highest BCUT2D eigenvalue weighted by Crippen LogP contribution is 2.36. The van der Waals surface area contributed by atoms with Gasteiger partial charge in [0.2, 0.25) is 0 Å². The van der Waals surface area contributed by atoms with Crippen LogP contribution < -0.4 is 9.47 Å². The maximum absolute atomic E-state index is 12.9. The zero-order valence-electron chi connectivity index (χ0n) is 17.6. The molecule has 0 atom stereocenters. The predicted molar refractivity (Wildman–Crippen MR) is 116 cm³/mol. The van der Waals surface area contributed by atoms with Gasteiger partial charge in [-0.1, -0.05) is 49.7 Å². The van der Waals surface area contributed by atoms with Crippen LogP contribution in [0.4, 0.5) is 0 Å². The van der Waals surface area contributed by atoms with Crippen LogP contribution >= 0.6 is 11.6 Å². The third kappa shape index (κ3) is 5.03. The molecule has 0 bridgehead atoms. The number of hydrogen-bond acceptors (Lipinski definition) is 4. The lowest BCUT2D eigenvalue weighted by molar-refractivity contribution is 0.0628. The van der Waals surface area contributed by atoms with Gasteiger partial charge in [-0.3, -0.25) is 9.69 Å². The van der Waals surface area contributed by atoms with E-state index < -0.39 is 0 Å². The summed E-state index contributed by atoms with van der Waals surface area (Å²) in [5.74, 6) is 1.42. The second-order valence-corrected chi connectivity index (χ2v) is 8.07. The molecular formula is C23H29ClN2O3. The lowest BCUT2D eigenvalue weighted by Crippen LogP contribution is -2.48. The van der Waals surface area contributed by atoms with Crippen molar-refractivity contribution in [3.05, 3.63) is 58.1 Å². The Morgan fingerprint density at radius 2 is 1.69 bits per heavy atom. The lowest BCUT2D eigenvalue weighted by Gasteiger charge is -2.35. The van der Waals surface area contributed by atoms with Crippen LogP contribution in [-0.2, 0) is 6.54 Å². The van der Waals surface area contributed by atoms with E-state index in [1.54, 1.807) is 12.1 Å². The van der Waals surface area contributed by atoms with Crippen LogP contribution in [-0.4, -0.2) is 56.1 Å². The van der Waals surface area contributed by atoms with E-state index in [0.717, 1.165) is 19.6 Å². The Morgan fingerprint density at radius 1 is 1.03 bits per heavy atom. The first kappa shape index (κ1) is 21.5. The quantitative estimate of drug-likeness (QED) is 0.698. The maximum Gasteiger partial charge on any atom is 0.254 e. The third-order valence-electron chi connectivity index (χ3n) is 5.39. The highest BCUT2D eigenvalue weighted by molar-refractivity contribution is 6.32. The Labute approximate surface area is 178 Å². The van der Waals surface area contributed by atoms with E-state index in [9.17, 15) is 4.79 Å². The van der Waals surface area contributed by atoms with Crippen molar-refractivity contribution in [2.24, 2.45) is 0 Å². The standard InChI is InChI=1S/C23H29ClN2O3/c1-16(2)18-7-5-17(6-8-18)15-25-9-11-26(12-10-25)23(27)19-13-20(24)22(29-4)21(14-19)28-3/h5-8,13-14,16H,9-12,15H2,1-4H3. The SMILES string of the molecule is COc1cc(C(=O)N2CCN(Cc3ccc(C(C)C)cc3)CC2)cc(Cl)c1OC. The third-order valence-corrected chi connectivity index (χ3v) is 5.67. The molecule has 0 aromatic heterocycles. The van der Waals surface area contributed by atoms with Gasteiger partial charge in [-0.05, 0) is 29.2 Å². The molecule has 2 aromatic carbocycles. The molecule has 0 radical (unpaired) electrons. The number of carbonyl (C=O) groups is 1. The summed E-state index contributed by atoms with van der Waals surface area (Å²) < 4.78 is 10.6. The highest BCUT2D eigenvalue weighted by atomic mass is 35.5. The molecule has 0 saturated carbocycles. The molecule has 1 heterocycles. The minimum absolute atomic E-state index is 0.0335. The minimum Gasteiger partial charge on any atom is -0.493 e. The zero-order chi connectivity index (χ0) is 21.0. The molecular weight excluding hydrogens is 388 g/mol.